The highest BCUT2D eigenvalue weighted by molar-refractivity contribution is 5.78. The van der Waals surface area contributed by atoms with Crippen LogP contribution in [-0.4, -0.2) is 26.2 Å². The van der Waals surface area contributed by atoms with E-state index in [4.69, 9.17) is 4.74 Å². The first kappa shape index (κ1) is 12.1. The highest BCUT2D eigenvalue weighted by atomic mass is 16.5. The van der Waals surface area contributed by atoms with Gasteiger partial charge in [-0.15, -0.1) is 0 Å². The number of carbonyl (C=O) groups is 1. The molecule has 1 fully saturated rings. The van der Waals surface area contributed by atoms with Crippen LogP contribution in [0.4, 0.5) is 0 Å². The Hall–Kier alpha value is -1.35. The molecule has 0 bridgehead atoms. The smallest absolute Gasteiger partial charge is 0.314 e. The molecule has 0 aromatic heterocycles. The van der Waals surface area contributed by atoms with E-state index in [1.54, 1.807) is 0 Å². The van der Waals surface area contributed by atoms with Crippen LogP contribution in [0.15, 0.2) is 30.3 Å². The van der Waals surface area contributed by atoms with Gasteiger partial charge in [0.15, 0.2) is 0 Å². The van der Waals surface area contributed by atoms with Crippen molar-refractivity contribution in [1.29, 1.82) is 0 Å². The van der Waals surface area contributed by atoms with E-state index in [-0.39, 0.29) is 11.9 Å². The minimum absolute atomic E-state index is 0.167. The summed E-state index contributed by atoms with van der Waals surface area (Å²) >= 11 is 0. The maximum Gasteiger partial charge on any atom is 0.314 e. The number of rotatable bonds is 6. The third kappa shape index (κ3) is 3.56. The van der Waals surface area contributed by atoms with Crippen molar-refractivity contribution in [2.75, 3.05) is 20.2 Å². The van der Waals surface area contributed by atoms with Crippen molar-refractivity contribution in [3.05, 3.63) is 35.9 Å². The molecule has 0 amide bonds. The van der Waals surface area contributed by atoms with Gasteiger partial charge in [0, 0.05) is 6.54 Å². The van der Waals surface area contributed by atoms with E-state index in [1.807, 2.05) is 30.3 Å². The number of hydrogen-bond acceptors (Lipinski definition) is 3. The third-order valence-electron chi connectivity index (χ3n) is 3.17. The molecule has 1 aliphatic rings. The predicted octanol–water partition coefficient (Wildman–Crippen LogP) is 1.94. The second kappa shape index (κ2) is 5.82. The summed E-state index contributed by atoms with van der Waals surface area (Å²) in [6.45, 7) is 1.67. The van der Waals surface area contributed by atoms with Crippen LogP contribution < -0.4 is 5.32 Å². The zero-order chi connectivity index (χ0) is 12.1. The summed E-state index contributed by atoms with van der Waals surface area (Å²) < 4.78 is 4.86. The van der Waals surface area contributed by atoms with Crippen LogP contribution in [0.5, 0.6) is 0 Å². The fraction of sp³-hybridized carbons (Fsp3) is 0.500. The van der Waals surface area contributed by atoms with E-state index >= 15 is 0 Å². The molecule has 1 unspecified atom stereocenters. The molecule has 0 radical (unpaired) electrons. The molecule has 92 valence electrons. The summed E-state index contributed by atoms with van der Waals surface area (Å²) in [6, 6.07) is 9.80. The van der Waals surface area contributed by atoms with Gasteiger partial charge in [0.1, 0.15) is 0 Å². The van der Waals surface area contributed by atoms with Gasteiger partial charge in [0.05, 0.1) is 13.0 Å². The Morgan fingerprint density at radius 3 is 2.71 bits per heavy atom. The molecule has 3 heteroatoms. The van der Waals surface area contributed by atoms with E-state index in [0.717, 1.165) is 18.0 Å². The molecule has 1 saturated carbocycles. The molecule has 1 aromatic carbocycles. The van der Waals surface area contributed by atoms with Crippen molar-refractivity contribution in [3.8, 4) is 0 Å². The Kier molecular flexibility index (Phi) is 4.15. The summed E-state index contributed by atoms with van der Waals surface area (Å²) in [7, 11) is 1.44. The lowest BCUT2D eigenvalue weighted by atomic mass is 9.99. The zero-order valence-electron chi connectivity index (χ0n) is 10.2. The average molecular weight is 233 g/mol. The number of carbonyl (C=O) groups excluding carboxylic acids is 1. The quantitative estimate of drug-likeness (QED) is 0.763. The number of nitrogens with one attached hydrogen (secondary N) is 1. The number of hydrogen-bond donors (Lipinski definition) is 1. The monoisotopic (exact) mass is 233 g/mol. The molecule has 0 aliphatic heterocycles. The lowest BCUT2D eigenvalue weighted by Gasteiger charge is -2.15. The second-order valence-electron chi connectivity index (χ2n) is 4.59. The fourth-order valence-corrected chi connectivity index (χ4v) is 1.92. The lowest BCUT2D eigenvalue weighted by Crippen LogP contribution is -2.29. The highest BCUT2D eigenvalue weighted by Crippen LogP contribution is 2.27. The predicted molar refractivity (Wildman–Crippen MR) is 66.8 cm³/mol. The van der Waals surface area contributed by atoms with Crippen LogP contribution in [0.25, 0.3) is 0 Å². The molecule has 1 N–H and O–H groups in total. The average Bonchev–Trinajstić information content (AvgIpc) is 3.19. The van der Waals surface area contributed by atoms with E-state index < -0.39 is 0 Å². The van der Waals surface area contributed by atoms with Crippen LogP contribution in [0.1, 0.15) is 24.3 Å². The molecule has 0 heterocycles. The van der Waals surface area contributed by atoms with Crippen molar-refractivity contribution in [2.45, 2.75) is 18.8 Å². The fourth-order valence-electron chi connectivity index (χ4n) is 1.92. The van der Waals surface area contributed by atoms with Crippen molar-refractivity contribution in [1.82, 2.24) is 5.32 Å². The van der Waals surface area contributed by atoms with Gasteiger partial charge in [0.25, 0.3) is 0 Å². The largest absolute Gasteiger partial charge is 0.469 e. The van der Waals surface area contributed by atoms with E-state index in [9.17, 15) is 4.79 Å². The Bertz CT molecular complexity index is 360. The Morgan fingerprint density at radius 2 is 2.12 bits per heavy atom. The summed E-state index contributed by atoms with van der Waals surface area (Å²) in [5.41, 5.74) is 1.02. The molecule has 17 heavy (non-hydrogen) atoms. The van der Waals surface area contributed by atoms with E-state index in [2.05, 4.69) is 5.32 Å². The summed E-state index contributed by atoms with van der Waals surface area (Å²) in [6.07, 6.45) is 2.64. The zero-order valence-corrected chi connectivity index (χ0v) is 10.2. The van der Waals surface area contributed by atoms with Crippen molar-refractivity contribution >= 4 is 5.97 Å². The number of benzene rings is 1. The normalized spacial score (nSPS) is 16.5. The van der Waals surface area contributed by atoms with Crippen LogP contribution in [-0.2, 0) is 9.53 Å². The van der Waals surface area contributed by atoms with Crippen LogP contribution in [0.2, 0.25) is 0 Å². The first-order valence-corrected chi connectivity index (χ1v) is 6.14. The Balaban J connectivity index is 1.94. The highest BCUT2D eigenvalue weighted by Gasteiger charge is 2.24. The summed E-state index contributed by atoms with van der Waals surface area (Å²) in [4.78, 5) is 11.7. The molecule has 2 rings (SSSR count). The van der Waals surface area contributed by atoms with Gasteiger partial charge in [-0.25, -0.2) is 0 Å². The number of ether oxygens (including phenoxy) is 1. The van der Waals surface area contributed by atoms with Gasteiger partial charge in [-0.2, -0.15) is 0 Å². The second-order valence-corrected chi connectivity index (χ2v) is 4.59. The standard InChI is InChI=1S/C14H19NO2/c1-17-14(16)13(10-15-9-11-7-8-11)12-5-3-2-4-6-12/h2-6,11,13,15H,7-10H2,1H3. The van der Waals surface area contributed by atoms with Gasteiger partial charge in [0.2, 0.25) is 0 Å². The van der Waals surface area contributed by atoms with Gasteiger partial charge in [-0.1, -0.05) is 30.3 Å². The Morgan fingerprint density at radius 1 is 1.41 bits per heavy atom. The molecule has 1 aliphatic carbocycles. The van der Waals surface area contributed by atoms with Crippen LogP contribution in [0, 0.1) is 5.92 Å². The molecule has 0 spiro atoms. The third-order valence-corrected chi connectivity index (χ3v) is 3.17. The molecular weight excluding hydrogens is 214 g/mol. The van der Waals surface area contributed by atoms with Gasteiger partial charge in [-0.05, 0) is 30.9 Å². The first-order valence-electron chi connectivity index (χ1n) is 6.14. The number of esters is 1. The number of methoxy groups -OCH3 is 1. The van der Waals surface area contributed by atoms with Gasteiger partial charge >= 0.3 is 5.97 Å². The SMILES string of the molecule is COC(=O)C(CNCC1CC1)c1ccccc1. The van der Waals surface area contributed by atoms with Gasteiger partial charge < -0.3 is 10.1 Å². The minimum atomic E-state index is -0.194. The maximum atomic E-state index is 11.7. The van der Waals surface area contributed by atoms with Crippen LogP contribution >= 0.6 is 0 Å². The maximum absolute atomic E-state index is 11.7. The molecule has 1 atom stereocenters. The topological polar surface area (TPSA) is 38.3 Å². The molecular formula is C14H19NO2. The first-order chi connectivity index (χ1) is 8.31. The summed E-state index contributed by atoms with van der Waals surface area (Å²) in [5, 5.41) is 3.36. The molecule has 3 nitrogen and oxygen atoms in total. The van der Waals surface area contributed by atoms with Crippen LogP contribution in [0.3, 0.4) is 0 Å². The minimum Gasteiger partial charge on any atom is -0.469 e. The van der Waals surface area contributed by atoms with Crippen molar-refractivity contribution in [2.24, 2.45) is 5.92 Å². The van der Waals surface area contributed by atoms with Gasteiger partial charge in [-0.3, -0.25) is 4.79 Å². The van der Waals surface area contributed by atoms with Crippen molar-refractivity contribution < 1.29 is 9.53 Å². The van der Waals surface area contributed by atoms with E-state index in [1.165, 1.54) is 20.0 Å². The summed E-state index contributed by atoms with van der Waals surface area (Å²) in [5.74, 6) is 0.462. The van der Waals surface area contributed by atoms with E-state index in [0.29, 0.717) is 6.54 Å². The Labute approximate surface area is 102 Å². The van der Waals surface area contributed by atoms with Crippen molar-refractivity contribution in [3.63, 3.8) is 0 Å². The molecule has 0 saturated heterocycles. The lowest BCUT2D eigenvalue weighted by molar-refractivity contribution is -0.142. The molecule has 1 aromatic rings.